The maximum Gasteiger partial charge on any atom is 0.347 e. The molecule has 64 heavy (non-hydrogen) atoms. The summed E-state index contributed by atoms with van der Waals surface area (Å²) in [6.07, 6.45) is 2.54. The van der Waals surface area contributed by atoms with Crippen LogP contribution < -0.4 is 15.6 Å². The van der Waals surface area contributed by atoms with Gasteiger partial charge in [0.2, 0.25) is 17.1 Å². The van der Waals surface area contributed by atoms with Gasteiger partial charge in [-0.2, -0.15) is 0 Å². The Balaban J connectivity index is 0.770. The summed E-state index contributed by atoms with van der Waals surface area (Å²) in [6.45, 7) is 5.43. The van der Waals surface area contributed by atoms with Crippen LogP contribution in [-0.2, 0) is 31.3 Å². The number of hydrogen-bond acceptors (Lipinski definition) is 11. The van der Waals surface area contributed by atoms with Gasteiger partial charge in [0.05, 0.1) is 24.1 Å². The fourth-order valence-corrected chi connectivity index (χ4v) is 9.12. The fourth-order valence-electron chi connectivity index (χ4n) is 9.12. The number of aliphatic hydroxyl groups excluding tert-OH is 1. The summed E-state index contributed by atoms with van der Waals surface area (Å²) in [5.74, 6) is -0.510. The second kappa shape index (κ2) is 20.2. The minimum atomic E-state index is -2.11. The number of carbonyl (C=O) groups excluding carboxylic acids is 3. The van der Waals surface area contributed by atoms with Gasteiger partial charge in [0, 0.05) is 56.3 Å². The Kier molecular flexibility index (Phi) is 14.1. The number of likely N-dealkylation sites (tertiary alicyclic amines) is 3. The van der Waals surface area contributed by atoms with Gasteiger partial charge in [-0.25, -0.2) is 4.79 Å². The molecule has 3 aliphatic heterocycles. The Morgan fingerprint density at radius 2 is 1.48 bits per heavy atom. The predicted molar refractivity (Wildman–Crippen MR) is 240 cm³/mol. The first-order chi connectivity index (χ1) is 31.0. The lowest BCUT2D eigenvalue weighted by Gasteiger charge is -2.42. The van der Waals surface area contributed by atoms with Gasteiger partial charge in [0.15, 0.2) is 6.61 Å². The van der Waals surface area contributed by atoms with E-state index in [1.807, 2.05) is 29.2 Å². The molecule has 5 aromatic rings. The Labute approximate surface area is 372 Å². The minimum absolute atomic E-state index is 0.0392. The molecule has 336 valence electrons. The molecule has 0 bridgehead atoms. The molecule has 5 N–H and O–H groups in total. The van der Waals surface area contributed by atoms with Crippen LogP contribution in [0.4, 0.5) is 0 Å². The predicted octanol–water partition coefficient (Wildman–Crippen LogP) is 4.32. The van der Waals surface area contributed by atoms with Gasteiger partial charge in [-0.05, 0) is 98.1 Å². The molecule has 3 aliphatic rings. The zero-order valence-electron chi connectivity index (χ0n) is 35.9. The highest BCUT2D eigenvalue weighted by atomic mass is 16.5. The van der Waals surface area contributed by atoms with Crippen molar-refractivity contribution in [3.05, 3.63) is 142 Å². The van der Waals surface area contributed by atoms with Crippen molar-refractivity contribution in [1.82, 2.24) is 25.0 Å². The maximum absolute atomic E-state index is 13.9. The molecule has 2 amide bonds. The lowest BCUT2D eigenvalue weighted by molar-refractivity contribution is -0.164. The highest BCUT2D eigenvalue weighted by Crippen LogP contribution is 2.34. The Hall–Kier alpha value is -6.06. The Morgan fingerprint density at radius 3 is 2.22 bits per heavy atom. The van der Waals surface area contributed by atoms with E-state index in [1.54, 1.807) is 65.6 Å². The molecule has 8 rings (SSSR count). The van der Waals surface area contributed by atoms with Crippen molar-refractivity contribution in [3.63, 3.8) is 0 Å². The summed E-state index contributed by atoms with van der Waals surface area (Å²) in [7, 11) is 0. The number of aliphatic hydroxyl groups is 2. The van der Waals surface area contributed by atoms with E-state index in [-0.39, 0.29) is 53.7 Å². The van der Waals surface area contributed by atoms with Crippen LogP contribution in [0, 0.1) is 17.8 Å². The quantitative estimate of drug-likeness (QED) is 0.0891. The molecular weight excluding hydrogens is 815 g/mol. The van der Waals surface area contributed by atoms with E-state index >= 15 is 0 Å². The highest BCUT2D eigenvalue weighted by molar-refractivity contribution is 5.88. The van der Waals surface area contributed by atoms with Crippen LogP contribution in [0.1, 0.15) is 54.0 Å². The number of esters is 1. The number of aromatic amines is 1. The van der Waals surface area contributed by atoms with Crippen molar-refractivity contribution in [2.75, 3.05) is 65.6 Å². The van der Waals surface area contributed by atoms with Gasteiger partial charge in [0.1, 0.15) is 11.5 Å². The van der Waals surface area contributed by atoms with Crippen molar-refractivity contribution in [3.8, 4) is 11.5 Å². The van der Waals surface area contributed by atoms with Gasteiger partial charge < -0.3 is 44.9 Å². The second-order valence-corrected chi connectivity index (χ2v) is 17.4. The Morgan fingerprint density at radius 1 is 0.797 bits per heavy atom. The summed E-state index contributed by atoms with van der Waals surface area (Å²) in [4.78, 5) is 60.7. The summed E-state index contributed by atoms with van der Waals surface area (Å²) >= 11 is 0. The standard InChI is InChI=1S/C50H57N5O9/c56-43-16-14-41(42-15-17-45(58)52-47(42)43)44(57)28-51-27-34-20-24-54(25-21-34)48(60)37-30-55(31-37)46(59)33-63-40-13-7-12-39(26-40)50(62,38-10-5-2-6-11-38)49(61)64-32-36-18-22-53(23-19-36)29-35-8-3-1-4-9-35/h1-17,26,34,36-37,44,51,56-57,62H,18-25,27-33H2,(H,52,58)/t44-,50-/m0/s1. The first kappa shape index (κ1) is 44.5. The van der Waals surface area contributed by atoms with Crippen LogP contribution >= 0.6 is 0 Å². The van der Waals surface area contributed by atoms with Crippen molar-refractivity contribution < 1.29 is 39.2 Å². The molecule has 0 spiro atoms. The van der Waals surface area contributed by atoms with Crippen LogP contribution in [0.5, 0.6) is 11.5 Å². The number of hydrogen-bond donors (Lipinski definition) is 5. The molecule has 14 nitrogen and oxygen atoms in total. The molecule has 4 heterocycles. The van der Waals surface area contributed by atoms with Crippen LogP contribution in [0.2, 0.25) is 0 Å². The van der Waals surface area contributed by atoms with E-state index in [0.717, 1.165) is 45.3 Å². The summed E-state index contributed by atoms with van der Waals surface area (Å²) < 4.78 is 11.8. The topological polar surface area (TPSA) is 185 Å². The average molecular weight is 872 g/mol. The van der Waals surface area contributed by atoms with Crippen molar-refractivity contribution in [2.24, 2.45) is 17.8 Å². The molecule has 0 aliphatic carbocycles. The second-order valence-electron chi connectivity index (χ2n) is 17.4. The third kappa shape index (κ3) is 10.3. The normalized spacial score (nSPS) is 18.0. The third-order valence-electron chi connectivity index (χ3n) is 13.1. The number of amides is 2. The smallest absolute Gasteiger partial charge is 0.347 e. The number of rotatable bonds is 16. The average Bonchev–Trinajstić information content (AvgIpc) is 3.31. The molecule has 3 saturated heterocycles. The number of phenols is 1. The molecular formula is C50H57N5O9. The largest absolute Gasteiger partial charge is 0.506 e. The maximum atomic E-state index is 13.9. The van der Waals surface area contributed by atoms with E-state index in [1.165, 1.54) is 17.7 Å². The van der Waals surface area contributed by atoms with Crippen LogP contribution in [-0.4, -0.2) is 118 Å². The number of pyridine rings is 1. The molecule has 2 atom stereocenters. The number of ether oxygens (including phenoxy) is 2. The molecule has 14 heteroatoms. The molecule has 0 unspecified atom stereocenters. The van der Waals surface area contributed by atoms with E-state index in [4.69, 9.17) is 9.47 Å². The van der Waals surface area contributed by atoms with Crippen molar-refractivity contribution in [2.45, 2.75) is 43.9 Å². The number of aromatic nitrogens is 1. The number of aromatic hydroxyl groups is 1. The van der Waals surface area contributed by atoms with E-state index in [2.05, 4.69) is 27.3 Å². The number of benzene rings is 4. The SMILES string of the molecule is O=C(COc1cccc([C@](O)(C(=O)OCC2CCN(Cc3ccccc3)CC2)c2ccccc2)c1)N1CC(C(=O)N2CCC(CNC[C@H](O)c3ccc(O)c4[nH]c(=O)ccc34)CC2)C1. The number of phenolic OH excluding ortho intramolecular Hbond substituents is 1. The first-order valence-electron chi connectivity index (χ1n) is 22.3. The number of H-pyrrole nitrogens is 1. The summed E-state index contributed by atoms with van der Waals surface area (Å²) in [5.41, 5.74) is 0.355. The molecule has 0 saturated carbocycles. The third-order valence-corrected chi connectivity index (χ3v) is 13.1. The zero-order chi connectivity index (χ0) is 44.6. The van der Waals surface area contributed by atoms with Crippen LogP contribution in [0.25, 0.3) is 10.9 Å². The fraction of sp³-hybridized carbons (Fsp3) is 0.400. The summed E-state index contributed by atoms with van der Waals surface area (Å²) in [6, 6.07) is 31.7. The number of carbonyl (C=O) groups is 3. The number of piperidine rings is 2. The molecule has 1 aromatic heterocycles. The molecule has 4 aromatic carbocycles. The monoisotopic (exact) mass is 871 g/mol. The minimum Gasteiger partial charge on any atom is -0.506 e. The van der Waals surface area contributed by atoms with Crippen molar-refractivity contribution in [1.29, 1.82) is 0 Å². The van der Waals surface area contributed by atoms with Gasteiger partial charge in [-0.15, -0.1) is 0 Å². The van der Waals surface area contributed by atoms with E-state index in [9.17, 15) is 34.5 Å². The lowest BCUT2D eigenvalue weighted by Crippen LogP contribution is -2.58. The van der Waals surface area contributed by atoms with Gasteiger partial charge in [-0.1, -0.05) is 78.9 Å². The van der Waals surface area contributed by atoms with Gasteiger partial charge in [0.25, 0.3) is 5.91 Å². The Bertz CT molecular complexity index is 2440. The van der Waals surface area contributed by atoms with E-state index in [0.29, 0.717) is 73.0 Å². The highest BCUT2D eigenvalue weighted by Gasteiger charge is 2.43. The van der Waals surface area contributed by atoms with Crippen LogP contribution in [0.15, 0.2) is 114 Å². The zero-order valence-corrected chi connectivity index (χ0v) is 35.9. The molecule has 3 fully saturated rings. The van der Waals surface area contributed by atoms with Gasteiger partial charge >= 0.3 is 5.97 Å². The number of nitrogens with one attached hydrogen (secondary N) is 2. The van der Waals surface area contributed by atoms with Crippen LogP contribution in [0.3, 0.4) is 0 Å². The number of nitrogens with zero attached hydrogens (tertiary/aromatic N) is 3. The summed E-state index contributed by atoms with van der Waals surface area (Å²) in [5, 5.41) is 37.1. The van der Waals surface area contributed by atoms with Gasteiger partial charge in [-0.3, -0.25) is 19.3 Å². The van der Waals surface area contributed by atoms with E-state index < -0.39 is 17.7 Å². The lowest BCUT2D eigenvalue weighted by atomic mass is 9.86. The van der Waals surface area contributed by atoms with Crippen molar-refractivity contribution >= 4 is 28.7 Å². The molecule has 0 radical (unpaired) electrons. The number of fused-ring (bicyclic) bond motifs is 1. The first-order valence-corrected chi connectivity index (χ1v) is 22.3.